The normalized spacial score (nSPS) is 11.6. The molecule has 0 saturated heterocycles. The molecule has 18 heavy (non-hydrogen) atoms. The Morgan fingerprint density at radius 2 is 2.00 bits per heavy atom. The quantitative estimate of drug-likeness (QED) is 0.691. The number of rotatable bonds is 7. The highest BCUT2D eigenvalue weighted by atomic mass is 16.3. The third-order valence-corrected chi connectivity index (χ3v) is 2.77. The molecule has 1 rings (SSSR count). The summed E-state index contributed by atoms with van der Waals surface area (Å²) in [6.07, 6.45) is 3.04. The fraction of sp³-hybridized carbons (Fsp3) is 0.750. The standard InChI is InChI=1S/C12H22N4O2/c1-4-6-12(18,7-5-2)8-10(17)14-11-13-9(3)15-16-11/h18H,4-8H2,1-3H3,(H2,13,14,15,16,17). The van der Waals surface area contributed by atoms with Crippen LogP contribution in [0.3, 0.4) is 0 Å². The molecular weight excluding hydrogens is 232 g/mol. The Morgan fingerprint density at radius 1 is 1.39 bits per heavy atom. The zero-order valence-corrected chi connectivity index (χ0v) is 11.3. The number of carbonyl (C=O) groups excluding carboxylic acids is 1. The van der Waals surface area contributed by atoms with E-state index >= 15 is 0 Å². The summed E-state index contributed by atoms with van der Waals surface area (Å²) in [7, 11) is 0. The monoisotopic (exact) mass is 254 g/mol. The molecule has 0 spiro atoms. The van der Waals surface area contributed by atoms with Gasteiger partial charge in [0.2, 0.25) is 11.9 Å². The summed E-state index contributed by atoms with van der Waals surface area (Å²) in [6.45, 7) is 5.75. The van der Waals surface area contributed by atoms with Crippen LogP contribution in [0.25, 0.3) is 0 Å². The summed E-state index contributed by atoms with van der Waals surface area (Å²) in [5, 5.41) is 19.4. The summed E-state index contributed by atoms with van der Waals surface area (Å²) in [5.74, 6) is 0.647. The van der Waals surface area contributed by atoms with Gasteiger partial charge in [-0.15, -0.1) is 5.10 Å². The van der Waals surface area contributed by atoms with Crippen LogP contribution in [0.5, 0.6) is 0 Å². The number of hydrogen-bond donors (Lipinski definition) is 3. The van der Waals surface area contributed by atoms with Gasteiger partial charge in [-0.05, 0) is 19.8 Å². The average molecular weight is 254 g/mol. The van der Waals surface area contributed by atoms with Gasteiger partial charge in [-0.2, -0.15) is 4.98 Å². The minimum Gasteiger partial charge on any atom is -0.389 e. The molecule has 1 amide bonds. The molecular formula is C12H22N4O2. The van der Waals surface area contributed by atoms with Gasteiger partial charge in [0.25, 0.3) is 0 Å². The van der Waals surface area contributed by atoms with E-state index in [-0.39, 0.29) is 18.3 Å². The first-order valence-electron chi connectivity index (χ1n) is 6.40. The zero-order valence-electron chi connectivity index (χ0n) is 11.3. The van der Waals surface area contributed by atoms with E-state index < -0.39 is 5.60 Å². The van der Waals surface area contributed by atoms with E-state index in [1.54, 1.807) is 6.92 Å². The molecule has 0 aromatic carbocycles. The highest BCUT2D eigenvalue weighted by Crippen LogP contribution is 2.23. The first-order chi connectivity index (χ1) is 8.49. The van der Waals surface area contributed by atoms with E-state index in [1.165, 1.54) is 0 Å². The number of hydrogen-bond acceptors (Lipinski definition) is 4. The molecule has 1 aromatic rings. The maximum Gasteiger partial charge on any atom is 0.248 e. The Bertz CT molecular complexity index is 383. The van der Waals surface area contributed by atoms with Gasteiger partial charge in [-0.1, -0.05) is 26.7 Å². The summed E-state index contributed by atoms with van der Waals surface area (Å²) >= 11 is 0. The number of nitrogens with zero attached hydrogens (tertiary/aromatic N) is 2. The molecule has 0 aliphatic rings. The number of anilines is 1. The molecule has 0 radical (unpaired) electrons. The van der Waals surface area contributed by atoms with Crippen molar-refractivity contribution in [2.45, 2.75) is 58.5 Å². The minimum absolute atomic E-state index is 0.0856. The van der Waals surface area contributed by atoms with E-state index in [2.05, 4.69) is 20.5 Å². The van der Waals surface area contributed by atoms with Crippen molar-refractivity contribution < 1.29 is 9.90 Å². The molecule has 0 aliphatic carbocycles. The molecule has 102 valence electrons. The van der Waals surface area contributed by atoms with Crippen LogP contribution in [0, 0.1) is 6.92 Å². The van der Waals surface area contributed by atoms with Crippen molar-refractivity contribution >= 4 is 11.9 Å². The van der Waals surface area contributed by atoms with Gasteiger partial charge < -0.3 is 5.11 Å². The number of aromatic amines is 1. The van der Waals surface area contributed by atoms with Gasteiger partial charge in [-0.3, -0.25) is 15.2 Å². The average Bonchev–Trinajstić information content (AvgIpc) is 2.63. The lowest BCUT2D eigenvalue weighted by Crippen LogP contribution is -2.34. The number of aromatic nitrogens is 3. The van der Waals surface area contributed by atoms with Crippen LogP contribution in [0.1, 0.15) is 51.8 Å². The number of aliphatic hydroxyl groups is 1. The Balaban J connectivity index is 2.55. The second-order valence-electron chi connectivity index (χ2n) is 4.69. The van der Waals surface area contributed by atoms with E-state index in [9.17, 15) is 9.90 Å². The molecule has 6 nitrogen and oxygen atoms in total. The van der Waals surface area contributed by atoms with Gasteiger partial charge >= 0.3 is 0 Å². The predicted octanol–water partition coefficient (Wildman–Crippen LogP) is 1.77. The summed E-state index contributed by atoms with van der Waals surface area (Å²) in [4.78, 5) is 15.8. The Hall–Kier alpha value is -1.43. The third-order valence-electron chi connectivity index (χ3n) is 2.77. The molecule has 0 saturated carbocycles. The molecule has 0 bridgehead atoms. The van der Waals surface area contributed by atoms with Crippen LogP contribution in [0.4, 0.5) is 5.95 Å². The first kappa shape index (κ1) is 14.6. The van der Waals surface area contributed by atoms with Gasteiger partial charge in [-0.25, -0.2) is 0 Å². The van der Waals surface area contributed by atoms with Crippen molar-refractivity contribution in [2.24, 2.45) is 0 Å². The fourth-order valence-corrected chi connectivity index (χ4v) is 2.10. The van der Waals surface area contributed by atoms with E-state index in [0.29, 0.717) is 18.7 Å². The van der Waals surface area contributed by atoms with Crippen molar-refractivity contribution in [3.63, 3.8) is 0 Å². The van der Waals surface area contributed by atoms with E-state index in [0.717, 1.165) is 12.8 Å². The van der Waals surface area contributed by atoms with Crippen LogP contribution in [-0.4, -0.2) is 31.8 Å². The SMILES string of the molecule is CCCC(O)(CCC)CC(=O)Nc1n[nH]c(C)n1. The van der Waals surface area contributed by atoms with Crippen molar-refractivity contribution in [3.8, 4) is 0 Å². The van der Waals surface area contributed by atoms with E-state index in [1.807, 2.05) is 13.8 Å². The number of nitrogens with one attached hydrogen (secondary N) is 2. The number of H-pyrrole nitrogens is 1. The molecule has 3 N–H and O–H groups in total. The third kappa shape index (κ3) is 4.44. The van der Waals surface area contributed by atoms with Crippen LogP contribution in [-0.2, 0) is 4.79 Å². The number of amides is 1. The molecule has 1 heterocycles. The lowest BCUT2D eigenvalue weighted by atomic mass is 9.89. The van der Waals surface area contributed by atoms with Crippen molar-refractivity contribution in [1.82, 2.24) is 15.2 Å². The second kappa shape index (κ2) is 6.49. The fourth-order valence-electron chi connectivity index (χ4n) is 2.10. The van der Waals surface area contributed by atoms with Crippen LogP contribution >= 0.6 is 0 Å². The lowest BCUT2D eigenvalue weighted by Gasteiger charge is -2.26. The molecule has 0 fully saturated rings. The smallest absolute Gasteiger partial charge is 0.248 e. The molecule has 0 atom stereocenters. The van der Waals surface area contributed by atoms with Gasteiger partial charge in [0.15, 0.2) is 0 Å². The number of carbonyl (C=O) groups is 1. The van der Waals surface area contributed by atoms with Crippen molar-refractivity contribution in [2.75, 3.05) is 5.32 Å². The van der Waals surface area contributed by atoms with Gasteiger partial charge in [0, 0.05) is 0 Å². The minimum atomic E-state index is -0.918. The summed E-state index contributed by atoms with van der Waals surface area (Å²) in [5.41, 5.74) is -0.918. The summed E-state index contributed by atoms with van der Waals surface area (Å²) in [6, 6.07) is 0. The molecule has 0 unspecified atom stereocenters. The lowest BCUT2D eigenvalue weighted by molar-refractivity contribution is -0.121. The van der Waals surface area contributed by atoms with Gasteiger partial charge in [0.1, 0.15) is 5.82 Å². The maximum atomic E-state index is 11.8. The summed E-state index contributed by atoms with van der Waals surface area (Å²) < 4.78 is 0. The second-order valence-corrected chi connectivity index (χ2v) is 4.69. The van der Waals surface area contributed by atoms with Crippen LogP contribution in [0.15, 0.2) is 0 Å². The molecule has 6 heteroatoms. The largest absolute Gasteiger partial charge is 0.389 e. The maximum absolute atomic E-state index is 11.8. The highest BCUT2D eigenvalue weighted by molar-refractivity contribution is 5.89. The number of aryl methyl sites for hydroxylation is 1. The Labute approximate surface area is 107 Å². The van der Waals surface area contributed by atoms with Crippen molar-refractivity contribution in [3.05, 3.63) is 5.82 Å². The van der Waals surface area contributed by atoms with E-state index in [4.69, 9.17) is 0 Å². The van der Waals surface area contributed by atoms with Crippen molar-refractivity contribution in [1.29, 1.82) is 0 Å². The Morgan fingerprint density at radius 3 is 2.44 bits per heavy atom. The van der Waals surface area contributed by atoms with Crippen LogP contribution in [0.2, 0.25) is 0 Å². The first-order valence-corrected chi connectivity index (χ1v) is 6.40. The van der Waals surface area contributed by atoms with Crippen LogP contribution < -0.4 is 5.32 Å². The highest BCUT2D eigenvalue weighted by Gasteiger charge is 2.28. The Kier molecular flexibility index (Phi) is 5.27. The zero-order chi connectivity index (χ0) is 13.6. The topological polar surface area (TPSA) is 90.9 Å². The predicted molar refractivity (Wildman–Crippen MR) is 69.1 cm³/mol. The van der Waals surface area contributed by atoms with Gasteiger partial charge in [0.05, 0.1) is 12.0 Å². The molecule has 0 aliphatic heterocycles. The molecule has 1 aromatic heterocycles.